The van der Waals surface area contributed by atoms with Crippen LogP contribution in [0.3, 0.4) is 0 Å². The van der Waals surface area contributed by atoms with Crippen LogP contribution in [-0.4, -0.2) is 29.2 Å². The predicted octanol–water partition coefficient (Wildman–Crippen LogP) is 3.89. The highest BCUT2D eigenvalue weighted by molar-refractivity contribution is 5.92. The first kappa shape index (κ1) is 16.5. The molecule has 3 unspecified atom stereocenters. The average molecular weight is 344 g/mol. The van der Waals surface area contributed by atoms with E-state index in [2.05, 4.69) is 27.7 Å². The maximum atomic E-state index is 13.8. The van der Waals surface area contributed by atoms with Crippen molar-refractivity contribution >= 4 is 5.78 Å². The molecule has 25 heavy (non-hydrogen) atoms. The van der Waals surface area contributed by atoms with Gasteiger partial charge in [-0.25, -0.2) is 0 Å². The van der Waals surface area contributed by atoms with Crippen LogP contribution in [0.1, 0.15) is 66.2 Å². The first-order valence-electron chi connectivity index (χ1n) is 10.4. The van der Waals surface area contributed by atoms with Gasteiger partial charge in [-0.3, -0.25) is 4.79 Å². The number of carbonyl (C=O) groups excluding carboxylic acids is 1. The van der Waals surface area contributed by atoms with Gasteiger partial charge in [0.15, 0.2) is 0 Å². The lowest BCUT2D eigenvalue weighted by atomic mass is 9.37. The van der Waals surface area contributed by atoms with Crippen LogP contribution in [-0.2, 0) is 9.53 Å². The number of fused-ring (bicyclic) bond motifs is 1. The molecule has 0 amide bonds. The average Bonchev–Trinajstić information content (AvgIpc) is 2.52. The van der Waals surface area contributed by atoms with E-state index in [0.29, 0.717) is 23.7 Å². The SMILES string of the molecule is CC[C@]12CC3C(=O)[C@@]4(C)C(CC1(O)CCC(C)=C32)[C@@H]1CO[C@@H]1C[C@@H]4C. The van der Waals surface area contributed by atoms with Gasteiger partial charge < -0.3 is 9.84 Å². The van der Waals surface area contributed by atoms with Crippen LogP contribution in [0.2, 0.25) is 0 Å². The van der Waals surface area contributed by atoms with Crippen LogP contribution in [0.25, 0.3) is 0 Å². The minimum Gasteiger partial charge on any atom is -0.389 e. The number of hydrogen-bond acceptors (Lipinski definition) is 3. The molecule has 0 radical (unpaired) electrons. The molecular weight excluding hydrogens is 312 g/mol. The van der Waals surface area contributed by atoms with Crippen LogP contribution < -0.4 is 0 Å². The van der Waals surface area contributed by atoms with Gasteiger partial charge in [0.25, 0.3) is 0 Å². The van der Waals surface area contributed by atoms with Crippen molar-refractivity contribution in [1.29, 1.82) is 0 Å². The van der Waals surface area contributed by atoms with Crippen LogP contribution in [0.4, 0.5) is 0 Å². The third-order valence-electron chi connectivity index (χ3n) is 9.57. The number of ketones is 1. The molecule has 0 aromatic heterocycles. The van der Waals surface area contributed by atoms with Crippen LogP contribution in [0.15, 0.2) is 11.1 Å². The molecule has 5 fully saturated rings. The fourth-order valence-corrected chi connectivity index (χ4v) is 7.76. The number of aliphatic hydroxyl groups is 1. The van der Waals surface area contributed by atoms with E-state index >= 15 is 0 Å². The van der Waals surface area contributed by atoms with Gasteiger partial charge in [0.05, 0.1) is 18.3 Å². The van der Waals surface area contributed by atoms with Crippen LogP contribution >= 0.6 is 0 Å². The Morgan fingerprint density at radius 3 is 2.72 bits per heavy atom. The van der Waals surface area contributed by atoms with E-state index in [0.717, 1.165) is 45.1 Å². The topological polar surface area (TPSA) is 46.5 Å². The summed E-state index contributed by atoms with van der Waals surface area (Å²) in [5.74, 6) is 1.64. The Balaban J connectivity index is 1.69. The standard InChI is InChI=1S/C22H32O3/c1-5-21-9-14-18(21)12(2)6-7-22(21,24)10-16-15-11-25-17(15)8-13(3)20(16,4)19(14)23/h13-17,24H,5-11H2,1-4H3/t13-,14?,15-,16?,17+,20+,21+,22?/m0/s1. The molecule has 8 atom stereocenters. The van der Waals surface area contributed by atoms with E-state index in [1.807, 2.05) is 0 Å². The van der Waals surface area contributed by atoms with Crippen molar-refractivity contribution in [3.8, 4) is 0 Å². The number of hydrogen-bond donors (Lipinski definition) is 1. The van der Waals surface area contributed by atoms with E-state index in [9.17, 15) is 9.90 Å². The summed E-state index contributed by atoms with van der Waals surface area (Å²) >= 11 is 0. The fraction of sp³-hybridized carbons (Fsp3) is 0.864. The maximum Gasteiger partial charge on any atom is 0.146 e. The molecule has 3 heteroatoms. The Labute approximate surface area is 151 Å². The third-order valence-corrected chi connectivity index (χ3v) is 9.57. The molecule has 138 valence electrons. The van der Waals surface area contributed by atoms with Crippen molar-refractivity contribution in [3.05, 3.63) is 11.1 Å². The van der Waals surface area contributed by atoms with Crippen molar-refractivity contribution in [2.75, 3.05) is 6.61 Å². The van der Waals surface area contributed by atoms with Crippen molar-refractivity contribution in [2.24, 2.45) is 34.5 Å². The summed E-state index contributed by atoms with van der Waals surface area (Å²) < 4.78 is 5.85. The van der Waals surface area contributed by atoms with Crippen LogP contribution in [0.5, 0.6) is 0 Å². The highest BCUT2D eigenvalue weighted by Crippen LogP contribution is 2.71. The fourth-order valence-electron chi connectivity index (χ4n) is 7.76. The summed E-state index contributed by atoms with van der Waals surface area (Å²) in [6.45, 7) is 9.68. The summed E-state index contributed by atoms with van der Waals surface area (Å²) in [4.78, 5) is 13.8. The molecule has 6 aliphatic rings. The third kappa shape index (κ3) is 1.64. The van der Waals surface area contributed by atoms with E-state index in [4.69, 9.17) is 4.74 Å². The summed E-state index contributed by atoms with van der Waals surface area (Å²) in [6, 6.07) is 0. The molecule has 4 saturated carbocycles. The molecule has 1 saturated heterocycles. The molecule has 0 aromatic rings. The molecule has 5 aliphatic carbocycles. The van der Waals surface area contributed by atoms with Crippen LogP contribution in [0, 0.1) is 34.5 Å². The second-order valence-electron chi connectivity index (χ2n) is 10.0. The number of carbonyl (C=O) groups is 1. The Morgan fingerprint density at radius 1 is 1.32 bits per heavy atom. The largest absolute Gasteiger partial charge is 0.389 e. The quantitative estimate of drug-likeness (QED) is 0.734. The van der Waals surface area contributed by atoms with Gasteiger partial charge in [-0.15, -0.1) is 0 Å². The summed E-state index contributed by atoms with van der Waals surface area (Å²) in [6.07, 6.45) is 5.79. The minimum absolute atomic E-state index is 0.0690. The molecule has 6 rings (SSSR count). The molecular formula is C22H32O3. The molecule has 1 aliphatic heterocycles. The number of Topliss-reactive ketones (excluding diaryl/α,β-unsaturated/α-hetero) is 1. The molecule has 0 spiro atoms. The first-order chi connectivity index (χ1) is 11.8. The zero-order chi connectivity index (χ0) is 17.8. The lowest BCUT2D eigenvalue weighted by Gasteiger charge is -2.69. The summed E-state index contributed by atoms with van der Waals surface area (Å²) in [5, 5.41) is 11.9. The summed E-state index contributed by atoms with van der Waals surface area (Å²) in [7, 11) is 0. The lowest BCUT2D eigenvalue weighted by Crippen LogP contribution is -2.70. The monoisotopic (exact) mass is 344 g/mol. The summed E-state index contributed by atoms with van der Waals surface area (Å²) in [5.41, 5.74) is 1.68. The van der Waals surface area contributed by atoms with Gasteiger partial charge in [-0.2, -0.15) is 0 Å². The van der Waals surface area contributed by atoms with E-state index in [-0.39, 0.29) is 22.7 Å². The second kappa shape index (κ2) is 4.78. The molecule has 1 heterocycles. The molecule has 0 aromatic carbocycles. The maximum absolute atomic E-state index is 13.8. The van der Waals surface area contributed by atoms with Crippen molar-refractivity contribution in [3.63, 3.8) is 0 Å². The highest BCUT2D eigenvalue weighted by Gasteiger charge is 2.71. The van der Waals surface area contributed by atoms with Gasteiger partial charge in [-0.05, 0) is 57.3 Å². The van der Waals surface area contributed by atoms with E-state index < -0.39 is 5.60 Å². The highest BCUT2D eigenvalue weighted by atomic mass is 16.5. The second-order valence-corrected chi connectivity index (χ2v) is 10.0. The lowest BCUT2D eigenvalue weighted by molar-refractivity contribution is -0.240. The van der Waals surface area contributed by atoms with Gasteiger partial charge in [-0.1, -0.05) is 31.9 Å². The number of ether oxygens (including phenoxy) is 1. The van der Waals surface area contributed by atoms with Crippen molar-refractivity contribution in [2.45, 2.75) is 77.9 Å². The first-order valence-corrected chi connectivity index (χ1v) is 10.4. The Bertz CT molecular complexity index is 681. The van der Waals surface area contributed by atoms with Gasteiger partial charge in [0.2, 0.25) is 0 Å². The van der Waals surface area contributed by atoms with Crippen molar-refractivity contribution < 1.29 is 14.6 Å². The Morgan fingerprint density at radius 2 is 2.08 bits per heavy atom. The molecule has 3 nitrogen and oxygen atoms in total. The molecule has 4 bridgehead atoms. The number of allylic oxidation sites excluding steroid dienone is 1. The zero-order valence-corrected chi connectivity index (χ0v) is 16.1. The van der Waals surface area contributed by atoms with Crippen molar-refractivity contribution in [1.82, 2.24) is 0 Å². The molecule has 1 N–H and O–H groups in total. The normalized spacial score (nSPS) is 56.8. The minimum atomic E-state index is -0.628. The van der Waals surface area contributed by atoms with Gasteiger partial charge in [0.1, 0.15) is 5.78 Å². The Kier molecular flexibility index (Phi) is 3.16. The smallest absolute Gasteiger partial charge is 0.146 e. The van der Waals surface area contributed by atoms with Gasteiger partial charge >= 0.3 is 0 Å². The van der Waals surface area contributed by atoms with E-state index in [1.54, 1.807) is 0 Å². The number of rotatable bonds is 1. The van der Waals surface area contributed by atoms with E-state index in [1.165, 1.54) is 11.1 Å². The zero-order valence-electron chi connectivity index (χ0n) is 16.1. The Hall–Kier alpha value is -0.670. The van der Waals surface area contributed by atoms with Gasteiger partial charge in [0, 0.05) is 22.7 Å². The predicted molar refractivity (Wildman–Crippen MR) is 95.9 cm³/mol.